The minimum absolute atomic E-state index is 0.0327. The number of carbonyl (C=O) groups excluding carboxylic acids is 1. The maximum atomic E-state index is 13.1. The van der Waals surface area contributed by atoms with E-state index < -0.39 is 30.0 Å². The van der Waals surface area contributed by atoms with Gasteiger partial charge in [0.15, 0.2) is 0 Å². The lowest BCUT2D eigenvalue weighted by atomic mass is 9.77. The zero-order valence-electron chi connectivity index (χ0n) is 11.3. The second kappa shape index (κ2) is 6.02. The molecule has 6 heteroatoms. The molecule has 3 unspecified atom stereocenters. The minimum Gasteiger partial charge on any atom is -0.326 e. The summed E-state index contributed by atoms with van der Waals surface area (Å²) in [6, 6.07) is 1.50. The van der Waals surface area contributed by atoms with E-state index in [2.05, 4.69) is 6.07 Å². The summed E-state index contributed by atoms with van der Waals surface area (Å²) in [6.07, 6.45) is -0.612. The molecule has 1 saturated heterocycles. The van der Waals surface area contributed by atoms with Gasteiger partial charge in [-0.25, -0.2) is 0 Å². The smallest absolute Gasteiger partial charge is 0.326 e. The first-order valence-corrected chi connectivity index (χ1v) is 7.22. The third-order valence-corrected chi connectivity index (χ3v) is 4.44. The molecule has 2 rings (SSSR count). The summed E-state index contributed by atoms with van der Waals surface area (Å²) in [5.41, 5.74) is 0. The van der Waals surface area contributed by atoms with E-state index in [0.717, 1.165) is 12.8 Å². The Labute approximate surface area is 116 Å². The van der Waals surface area contributed by atoms with Crippen molar-refractivity contribution in [3.8, 4) is 6.07 Å². The molecule has 0 aromatic heterocycles. The van der Waals surface area contributed by atoms with Crippen molar-refractivity contribution in [3.63, 3.8) is 0 Å². The molecule has 1 saturated carbocycles. The number of nitrogens with zero attached hydrogens (tertiary/aromatic N) is 2. The first-order chi connectivity index (χ1) is 9.45. The highest BCUT2D eigenvalue weighted by atomic mass is 19.4. The van der Waals surface area contributed by atoms with Crippen LogP contribution in [0.15, 0.2) is 0 Å². The van der Waals surface area contributed by atoms with Crippen LogP contribution in [0.1, 0.15) is 44.9 Å². The standard InChI is InChI=1S/C14H19F3N2O/c15-14(16,17)12-7-2-1-6-11(12)13(20)19-8-4-3-5-10(19)9-18/h10-12H,1-8H2. The van der Waals surface area contributed by atoms with Gasteiger partial charge in [-0.15, -0.1) is 0 Å². The van der Waals surface area contributed by atoms with Crippen LogP contribution in [0.5, 0.6) is 0 Å². The fraction of sp³-hybridized carbons (Fsp3) is 0.857. The van der Waals surface area contributed by atoms with Gasteiger partial charge in [0.25, 0.3) is 0 Å². The molecule has 1 aliphatic carbocycles. The molecule has 0 aromatic carbocycles. The molecule has 0 N–H and O–H groups in total. The largest absolute Gasteiger partial charge is 0.392 e. The van der Waals surface area contributed by atoms with Gasteiger partial charge in [-0.1, -0.05) is 12.8 Å². The average molecular weight is 288 g/mol. The van der Waals surface area contributed by atoms with Crippen LogP contribution in [0.25, 0.3) is 0 Å². The predicted molar refractivity (Wildman–Crippen MR) is 66.5 cm³/mol. The summed E-state index contributed by atoms with van der Waals surface area (Å²) in [4.78, 5) is 13.8. The van der Waals surface area contributed by atoms with Crippen molar-refractivity contribution < 1.29 is 18.0 Å². The summed E-state index contributed by atoms with van der Waals surface area (Å²) in [7, 11) is 0. The number of hydrogen-bond acceptors (Lipinski definition) is 2. The summed E-state index contributed by atoms with van der Waals surface area (Å²) in [5, 5.41) is 9.07. The predicted octanol–water partition coefficient (Wildman–Crippen LogP) is 3.26. The zero-order valence-corrected chi connectivity index (χ0v) is 11.3. The third-order valence-electron chi connectivity index (χ3n) is 4.44. The van der Waals surface area contributed by atoms with Crippen molar-refractivity contribution in [2.24, 2.45) is 11.8 Å². The molecular weight excluding hydrogens is 269 g/mol. The van der Waals surface area contributed by atoms with E-state index in [9.17, 15) is 18.0 Å². The van der Waals surface area contributed by atoms with Crippen LogP contribution in [-0.2, 0) is 4.79 Å². The van der Waals surface area contributed by atoms with Crippen LogP contribution < -0.4 is 0 Å². The highest BCUT2D eigenvalue weighted by Gasteiger charge is 2.49. The summed E-state index contributed by atoms with van der Waals surface area (Å²) in [6.45, 7) is 0.415. The Bertz CT molecular complexity index is 402. The second-order valence-corrected chi connectivity index (χ2v) is 5.71. The number of nitriles is 1. The fourth-order valence-corrected chi connectivity index (χ4v) is 3.36. The molecule has 2 fully saturated rings. The van der Waals surface area contributed by atoms with Crippen molar-refractivity contribution in [1.82, 2.24) is 4.90 Å². The van der Waals surface area contributed by atoms with Crippen molar-refractivity contribution in [3.05, 3.63) is 0 Å². The normalized spacial score (nSPS) is 31.7. The van der Waals surface area contributed by atoms with Crippen molar-refractivity contribution in [2.45, 2.75) is 57.2 Å². The lowest BCUT2D eigenvalue weighted by Gasteiger charge is -2.38. The van der Waals surface area contributed by atoms with E-state index in [4.69, 9.17) is 5.26 Å². The van der Waals surface area contributed by atoms with Gasteiger partial charge < -0.3 is 4.90 Å². The van der Waals surface area contributed by atoms with Crippen LogP contribution in [-0.4, -0.2) is 29.6 Å². The number of carbonyl (C=O) groups is 1. The van der Waals surface area contributed by atoms with Gasteiger partial charge in [0.2, 0.25) is 5.91 Å². The molecule has 0 spiro atoms. The number of rotatable bonds is 1. The fourth-order valence-electron chi connectivity index (χ4n) is 3.36. The minimum atomic E-state index is -4.32. The maximum Gasteiger partial charge on any atom is 0.392 e. The molecule has 20 heavy (non-hydrogen) atoms. The van der Waals surface area contributed by atoms with E-state index >= 15 is 0 Å². The van der Waals surface area contributed by atoms with Crippen molar-refractivity contribution >= 4 is 5.91 Å². The van der Waals surface area contributed by atoms with E-state index in [-0.39, 0.29) is 12.8 Å². The van der Waals surface area contributed by atoms with Gasteiger partial charge in [-0.2, -0.15) is 18.4 Å². The van der Waals surface area contributed by atoms with Gasteiger partial charge in [-0.05, 0) is 32.1 Å². The molecule has 1 aliphatic heterocycles. The quantitative estimate of drug-likeness (QED) is 0.743. The Balaban J connectivity index is 2.15. The lowest BCUT2D eigenvalue weighted by Crippen LogP contribution is -2.49. The maximum absolute atomic E-state index is 13.1. The molecule has 3 nitrogen and oxygen atoms in total. The van der Waals surface area contributed by atoms with Crippen molar-refractivity contribution in [1.29, 1.82) is 5.26 Å². The SMILES string of the molecule is N#CC1CCCCN1C(=O)C1CCCCC1C(F)(F)F. The monoisotopic (exact) mass is 288 g/mol. The molecule has 0 radical (unpaired) electrons. The molecule has 2 aliphatic rings. The van der Waals surface area contributed by atoms with E-state index in [1.54, 1.807) is 0 Å². The summed E-state index contributed by atoms with van der Waals surface area (Å²) >= 11 is 0. The molecular formula is C14H19F3N2O. The van der Waals surface area contributed by atoms with Crippen LogP contribution in [0.3, 0.4) is 0 Å². The molecule has 112 valence electrons. The Morgan fingerprint density at radius 2 is 1.75 bits per heavy atom. The number of halogens is 3. The third kappa shape index (κ3) is 3.08. The van der Waals surface area contributed by atoms with Gasteiger partial charge in [-0.3, -0.25) is 4.79 Å². The highest BCUT2D eigenvalue weighted by molar-refractivity contribution is 5.80. The van der Waals surface area contributed by atoms with Crippen LogP contribution in [0.2, 0.25) is 0 Å². The summed E-state index contributed by atoms with van der Waals surface area (Å²) in [5.74, 6) is -2.99. The second-order valence-electron chi connectivity index (χ2n) is 5.71. The first kappa shape index (κ1) is 15.1. The number of amides is 1. The lowest BCUT2D eigenvalue weighted by molar-refractivity contribution is -0.201. The van der Waals surface area contributed by atoms with Crippen LogP contribution >= 0.6 is 0 Å². The highest BCUT2D eigenvalue weighted by Crippen LogP contribution is 2.42. The molecule has 0 bridgehead atoms. The van der Waals surface area contributed by atoms with Gasteiger partial charge >= 0.3 is 6.18 Å². The topological polar surface area (TPSA) is 44.1 Å². The van der Waals surface area contributed by atoms with Crippen LogP contribution in [0, 0.1) is 23.2 Å². The van der Waals surface area contributed by atoms with E-state index in [0.29, 0.717) is 25.8 Å². The van der Waals surface area contributed by atoms with Gasteiger partial charge in [0.05, 0.1) is 12.0 Å². The summed E-state index contributed by atoms with van der Waals surface area (Å²) < 4.78 is 39.2. The van der Waals surface area contributed by atoms with Crippen molar-refractivity contribution in [2.75, 3.05) is 6.54 Å². The number of piperidine rings is 1. The van der Waals surface area contributed by atoms with Crippen LogP contribution in [0.4, 0.5) is 13.2 Å². The Kier molecular flexibility index (Phi) is 4.56. The van der Waals surface area contributed by atoms with Gasteiger partial charge in [0.1, 0.15) is 6.04 Å². The number of hydrogen-bond donors (Lipinski definition) is 0. The average Bonchev–Trinajstić information content (AvgIpc) is 2.45. The van der Waals surface area contributed by atoms with Gasteiger partial charge in [0, 0.05) is 12.5 Å². The van der Waals surface area contributed by atoms with E-state index in [1.165, 1.54) is 4.90 Å². The Morgan fingerprint density at radius 1 is 1.10 bits per heavy atom. The first-order valence-electron chi connectivity index (χ1n) is 7.22. The molecule has 0 aromatic rings. The number of likely N-dealkylation sites (tertiary alicyclic amines) is 1. The molecule has 1 amide bonds. The van der Waals surface area contributed by atoms with E-state index in [1.807, 2.05) is 0 Å². The Morgan fingerprint density at radius 3 is 2.40 bits per heavy atom. The number of alkyl halides is 3. The Hall–Kier alpha value is -1.25. The molecule has 3 atom stereocenters. The zero-order chi connectivity index (χ0) is 14.8. The molecule has 1 heterocycles.